The number of hydrogen-bond donors (Lipinski definition) is 1. The van der Waals surface area contributed by atoms with Gasteiger partial charge >= 0.3 is 0 Å². The second kappa shape index (κ2) is 6.40. The number of nitro benzene ring substituents is 1. The summed E-state index contributed by atoms with van der Waals surface area (Å²) in [4.78, 5) is 27.9. The van der Waals surface area contributed by atoms with Gasteiger partial charge in [-0.05, 0) is 25.2 Å². The number of hydrogen-bond acceptors (Lipinski definition) is 7. The Kier molecular flexibility index (Phi) is 4.20. The van der Waals surface area contributed by atoms with Gasteiger partial charge in [-0.3, -0.25) is 14.9 Å². The van der Waals surface area contributed by atoms with Crippen molar-refractivity contribution in [1.29, 1.82) is 0 Å². The lowest BCUT2D eigenvalue weighted by atomic mass is 9.85. The zero-order valence-corrected chi connectivity index (χ0v) is 15.3. The van der Waals surface area contributed by atoms with Crippen molar-refractivity contribution in [3.63, 3.8) is 0 Å². The number of rotatable bonds is 3. The number of aromatic nitrogens is 3. The molecule has 1 N–H and O–H groups in total. The maximum atomic E-state index is 12.7. The number of nitrogens with zero attached hydrogens (tertiary/aromatic N) is 4. The van der Waals surface area contributed by atoms with Crippen molar-refractivity contribution in [3.05, 3.63) is 50.2 Å². The van der Waals surface area contributed by atoms with Gasteiger partial charge in [0.05, 0.1) is 4.92 Å². The van der Waals surface area contributed by atoms with Crippen molar-refractivity contribution in [2.75, 3.05) is 11.6 Å². The lowest BCUT2D eigenvalue weighted by molar-refractivity contribution is -0.384. The van der Waals surface area contributed by atoms with Gasteiger partial charge in [-0.1, -0.05) is 23.4 Å². The number of nitro groups is 1. The van der Waals surface area contributed by atoms with E-state index in [1.54, 1.807) is 4.68 Å². The fourth-order valence-electron chi connectivity index (χ4n) is 3.36. The summed E-state index contributed by atoms with van der Waals surface area (Å²) in [5.74, 6) is 0.508. The van der Waals surface area contributed by atoms with Crippen LogP contribution in [0.5, 0.6) is 0 Å². The highest BCUT2D eigenvalue weighted by atomic mass is 35.5. The number of non-ortho nitro benzene ring substituents is 1. The molecule has 0 amide bonds. The van der Waals surface area contributed by atoms with Crippen LogP contribution in [-0.4, -0.2) is 31.7 Å². The maximum absolute atomic E-state index is 12.7. The zero-order valence-electron chi connectivity index (χ0n) is 13.7. The number of halogens is 1. The summed E-state index contributed by atoms with van der Waals surface area (Å²) in [6, 6.07) is 3.61. The molecule has 10 heteroatoms. The van der Waals surface area contributed by atoms with Gasteiger partial charge in [-0.15, -0.1) is 5.10 Å². The SMILES string of the molecule is CSc1nc2n(n1)[C@H](c1cc([N+](=O)[O-])ccc1Cl)C1=C(CCCC1=O)N2. The minimum absolute atomic E-state index is 0.00169. The second-order valence-corrected chi connectivity index (χ2v) is 7.21. The first-order valence-corrected chi connectivity index (χ1v) is 9.57. The van der Waals surface area contributed by atoms with Crippen LogP contribution in [-0.2, 0) is 4.79 Å². The van der Waals surface area contributed by atoms with Gasteiger partial charge in [0.1, 0.15) is 6.04 Å². The van der Waals surface area contributed by atoms with Crippen LogP contribution >= 0.6 is 23.4 Å². The van der Waals surface area contributed by atoms with Crippen molar-refractivity contribution >= 4 is 40.8 Å². The molecule has 0 radical (unpaired) electrons. The number of allylic oxidation sites excluding steroid dienone is 2. The predicted molar refractivity (Wildman–Crippen MR) is 97.6 cm³/mol. The van der Waals surface area contributed by atoms with Crippen LogP contribution in [0.3, 0.4) is 0 Å². The largest absolute Gasteiger partial charge is 0.328 e. The third kappa shape index (κ3) is 2.67. The number of carbonyl (C=O) groups is 1. The van der Waals surface area contributed by atoms with Crippen molar-refractivity contribution < 1.29 is 9.72 Å². The van der Waals surface area contributed by atoms with E-state index in [1.165, 1.54) is 30.0 Å². The third-order valence-electron chi connectivity index (χ3n) is 4.52. The van der Waals surface area contributed by atoms with E-state index in [0.717, 1.165) is 12.1 Å². The molecule has 1 aromatic heterocycles. The van der Waals surface area contributed by atoms with Gasteiger partial charge < -0.3 is 5.32 Å². The van der Waals surface area contributed by atoms with E-state index in [4.69, 9.17) is 11.6 Å². The standard InChI is InChI=1S/C16H14ClN5O3S/c1-26-16-19-15-18-11-3-2-4-12(23)13(11)14(21(15)20-16)9-7-8(22(24)25)5-6-10(9)17/h5-7,14H,2-4H2,1H3,(H,18,19,20)/t14-/m1/s1. The van der Waals surface area contributed by atoms with Gasteiger partial charge in [-0.2, -0.15) is 4.98 Å². The Morgan fingerprint density at radius 3 is 2.96 bits per heavy atom. The Bertz CT molecular complexity index is 971. The summed E-state index contributed by atoms with van der Waals surface area (Å²) >= 11 is 7.75. The molecule has 0 spiro atoms. The fraction of sp³-hybridized carbons (Fsp3) is 0.312. The first kappa shape index (κ1) is 17.0. The molecular weight excluding hydrogens is 378 g/mol. The highest BCUT2D eigenvalue weighted by Crippen LogP contribution is 2.43. The third-order valence-corrected chi connectivity index (χ3v) is 5.40. The topological polar surface area (TPSA) is 103 Å². The number of anilines is 1. The van der Waals surface area contributed by atoms with E-state index in [1.807, 2.05) is 6.26 Å². The molecule has 4 rings (SSSR count). The molecule has 0 saturated heterocycles. The van der Waals surface area contributed by atoms with E-state index in [9.17, 15) is 14.9 Å². The Labute approximate surface area is 157 Å². The Hall–Kier alpha value is -2.39. The molecule has 0 saturated carbocycles. The van der Waals surface area contributed by atoms with Crippen LogP contribution in [0.25, 0.3) is 0 Å². The number of carbonyl (C=O) groups excluding carboxylic acids is 1. The van der Waals surface area contributed by atoms with Gasteiger partial charge in [0, 0.05) is 40.4 Å². The molecule has 1 aliphatic heterocycles. The van der Waals surface area contributed by atoms with Gasteiger partial charge in [-0.25, -0.2) is 4.68 Å². The molecule has 2 aliphatic rings. The number of thioether (sulfide) groups is 1. The van der Waals surface area contributed by atoms with E-state index in [-0.39, 0.29) is 11.5 Å². The number of fused-ring (bicyclic) bond motifs is 1. The monoisotopic (exact) mass is 391 g/mol. The van der Waals surface area contributed by atoms with Crippen LogP contribution in [0, 0.1) is 10.1 Å². The minimum Gasteiger partial charge on any atom is -0.328 e. The summed E-state index contributed by atoms with van der Waals surface area (Å²) < 4.78 is 1.60. The molecule has 1 aliphatic carbocycles. The smallest absolute Gasteiger partial charge is 0.269 e. The van der Waals surface area contributed by atoms with Crippen LogP contribution in [0.4, 0.5) is 11.6 Å². The lowest BCUT2D eigenvalue weighted by Crippen LogP contribution is -2.31. The van der Waals surface area contributed by atoms with Crippen molar-refractivity contribution in [3.8, 4) is 0 Å². The molecule has 2 heterocycles. The number of ketones is 1. The fourth-order valence-corrected chi connectivity index (χ4v) is 3.93. The predicted octanol–water partition coefficient (Wildman–Crippen LogP) is 3.58. The molecule has 1 atom stereocenters. The maximum Gasteiger partial charge on any atom is 0.269 e. The average Bonchev–Trinajstić information content (AvgIpc) is 3.03. The summed E-state index contributed by atoms with van der Waals surface area (Å²) in [5, 5.41) is 19.8. The van der Waals surface area contributed by atoms with Gasteiger partial charge in [0.25, 0.3) is 5.69 Å². The Morgan fingerprint density at radius 1 is 1.42 bits per heavy atom. The Morgan fingerprint density at radius 2 is 2.23 bits per heavy atom. The normalized spacial score (nSPS) is 19.0. The molecule has 8 nitrogen and oxygen atoms in total. The molecule has 2 aromatic rings. The Balaban J connectivity index is 1.96. The average molecular weight is 392 g/mol. The summed E-state index contributed by atoms with van der Waals surface area (Å²) in [6.07, 6.45) is 3.76. The molecule has 0 fully saturated rings. The first-order chi connectivity index (χ1) is 12.5. The number of Topliss-reactive ketones (excluding diaryl/α,β-unsaturated/α-hetero) is 1. The van der Waals surface area contributed by atoms with Crippen LogP contribution in [0.15, 0.2) is 34.6 Å². The van der Waals surface area contributed by atoms with Gasteiger partial charge in [0.15, 0.2) is 5.78 Å². The quantitative estimate of drug-likeness (QED) is 0.484. The van der Waals surface area contributed by atoms with E-state index >= 15 is 0 Å². The molecule has 26 heavy (non-hydrogen) atoms. The molecule has 1 aromatic carbocycles. The summed E-state index contributed by atoms with van der Waals surface area (Å²) in [7, 11) is 0. The van der Waals surface area contributed by atoms with Crippen LogP contribution < -0.4 is 5.32 Å². The highest BCUT2D eigenvalue weighted by molar-refractivity contribution is 7.98. The zero-order chi connectivity index (χ0) is 18.4. The van der Waals surface area contributed by atoms with Crippen molar-refractivity contribution in [1.82, 2.24) is 14.8 Å². The minimum atomic E-state index is -0.630. The van der Waals surface area contributed by atoms with E-state index < -0.39 is 11.0 Å². The van der Waals surface area contributed by atoms with Gasteiger partial charge in [0.2, 0.25) is 11.1 Å². The lowest BCUT2D eigenvalue weighted by Gasteiger charge is -2.32. The van der Waals surface area contributed by atoms with E-state index in [0.29, 0.717) is 40.1 Å². The number of nitrogens with one attached hydrogen (secondary N) is 1. The first-order valence-electron chi connectivity index (χ1n) is 7.97. The second-order valence-electron chi connectivity index (χ2n) is 6.03. The summed E-state index contributed by atoms with van der Waals surface area (Å²) in [5.41, 5.74) is 1.74. The van der Waals surface area contributed by atoms with Crippen molar-refractivity contribution in [2.45, 2.75) is 30.5 Å². The van der Waals surface area contributed by atoms with Crippen molar-refractivity contribution in [2.24, 2.45) is 0 Å². The van der Waals surface area contributed by atoms with E-state index in [2.05, 4.69) is 15.4 Å². The molecule has 134 valence electrons. The molecule has 0 bridgehead atoms. The number of benzene rings is 1. The molecule has 0 unspecified atom stereocenters. The highest BCUT2D eigenvalue weighted by Gasteiger charge is 2.38. The summed E-state index contributed by atoms with van der Waals surface area (Å²) in [6.45, 7) is 0. The van der Waals surface area contributed by atoms with Crippen LogP contribution in [0.1, 0.15) is 30.9 Å². The molecular formula is C16H14ClN5O3S. The van der Waals surface area contributed by atoms with Crippen LogP contribution in [0.2, 0.25) is 5.02 Å².